The molecule has 0 radical (unpaired) electrons. The van der Waals surface area contributed by atoms with Crippen LogP contribution in [0.5, 0.6) is 0 Å². The normalized spacial score (nSPS) is 13.9. The van der Waals surface area contributed by atoms with E-state index in [2.05, 4.69) is 11.8 Å². The number of hydrogen-bond donors (Lipinski definition) is 0. The fraction of sp³-hybridized carbons (Fsp3) is 0.333. The fourth-order valence-electron chi connectivity index (χ4n) is 2.15. The van der Waals surface area contributed by atoms with E-state index in [9.17, 15) is 9.59 Å². The molecule has 4 heteroatoms. The zero-order chi connectivity index (χ0) is 21.2. The van der Waals surface area contributed by atoms with Crippen LogP contribution >= 0.6 is 0 Å². The van der Waals surface area contributed by atoms with Crippen LogP contribution in [0, 0.1) is 17.3 Å². The third-order valence-corrected chi connectivity index (χ3v) is 3.56. The number of esters is 2. The van der Waals surface area contributed by atoms with Gasteiger partial charge in [-0.15, -0.1) is 0 Å². The maximum absolute atomic E-state index is 12.4. The van der Waals surface area contributed by atoms with Crippen molar-refractivity contribution in [2.45, 2.75) is 26.6 Å². The molecule has 0 bridgehead atoms. The molecular weight excluding hydrogens is 316 g/mol. The molecule has 0 aliphatic heterocycles. The Morgan fingerprint density at radius 2 is 1.84 bits per heavy atom. The van der Waals surface area contributed by atoms with Crippen molar-refractivity contribution in [3.63, 3.8) is 0 Å². The summed E-state index contributed by atoms with van der Waals surface area (Å²) in [6.45, 7) is -0.900. The lowest BCUT2D eigenvalue weighted by Crippen LogP contribution is -2.40. The van der Waals surface area contributed by atoms with Gasteiger partial charge in [0.25, 0.3) is 0 Å². The van der Waals surface area contributed by atoms with Crippen LogP contribution in [-0.4, -0.2) is 26.2 Å². The molecular formula is C21H24O4. The summed E-state index contributed by atoms with van der Waals surface area (Å²) in [6, 6.07) is 9.51. The molecule has 25 heavy (non-hydrogen) atoms. The van der Waals surface area contributed by atoms with E-state index in [-0.39, 0.29) is 18.4 Å². The Balaban J connectivity index is 3.13. The Bertz CT molecular complexity index is 780. The molecule has 4 nitrogen and oxygen atoms in total. The van der Waals surface area contributed by atoms with Gasteiger partial charge in [0.05, 0.1) is 14.2 Å². The number of hydrogen-bond acceptors (Lipinski definition) is 4. The van der Waals surface area contributed by atoms with E-state index in [0.29, 0.717) is 0 Å². The van der Waals surface area contributed by atoms with Crippen LogP contribution in [0.15, 0.2) is 48.1 Å². The van der Waals surface area contributed by atoms with Crippen LogP contribution in [0.25, 0.3) is 6.08 Å². The summed E-state index contributed by atoms with van der Waals surface area (Å²) >= 11 is 0. The number of benzene rings is 1. The van der Waals surface area contributed by atoms with Gasteiger partial charge in [0, 0.05) is 10.5 Å². The van der Waals surface area contributed by atoms with Gasteiger partial charge in [-0.25, -0.2) is 0 Å². The summed E-state index contributed by atoms with van der Waals surface area (Å²) in [6.07, 6.45) is 4.38. The average Bonchev–Trinajstić information content (AvgIpc) is 2.68. The minimum atomic E-state index is -2.32. The maximum atomic E-state index is 12.4. The van der Waals surface area contributed by atoms with E-state index in [1.165, 1.54) is 13.0 Å². The van der Waals surface area contributed by atoms with Crippen LogP contribution in [-0.2, 0) is 19.1 Å². The van der Waals surface area contributed by atoms with Gasteiger partial charge in [-0.3, -0.25) is 9.59 Å². The highest BCUT2D eigenvalue weighted by atomic mass is 16.5. The van der Waals surface area contributed by atoms with Crippen LogP contribution in [0.2, 0.25) is 0 Å². The first-order valence-corrected chi connectivity index (χ1v) is 7.71. The summed E-state index contributed by atoms with van der Waals surface area (Å²) in [5.41, 5.74) is -0.703. The first-order valence-electron chi connectivity index (χ1n) is 9.21. The second kappa shape index (κ2) is 10.1. The molecule has 132 valence electrons. The second-order valence-electron chi connectivity index (χ2n) is 5.40. The maximum Gasteiger partial charge on any atom is 0.324 e. The van der Waals surface area contributed by atoms with Crippen LogP contribution < -0.4 is 0 Å². The summed E-state index contributed by atoms with van der Waals surface area (Å²) in [5, 5.41) is 0. The molecule has 0 unspecified atom stereocenters. The van der Waals surface area contributed by atoms with Crippen molar-refractivity contribution in [3.8, 4) is 11.8 Å². The van der Waals surface area contributed by atoms with E-state index in [4.69, 9.17) is 13.6 Å². The summed E-state index contributed by atoms with van der Waals surface area (Å²) in [4.78, 5) is 24.8. The number of carbonyl (C=O) groups excluding carboxylic acids is 2. The van der Waals surface area contributed by atoms with Gasteiger partial charge in [0.1, 0.15) is 0 Å². The van der Waals surface area contributed by atoms with Gasteiger partial charge < -0.3 is 9.47 Å². The van der Waals surface area contributed by atoms with Crippen molar-refractivity contribution in [2.24, 2.45) is 5.41 Å². The molecule has 0 heterocycles. The van der Waals surface area contributed by atoms with Crippen molar-refractivity contribution in [1.82, 2.24) is 0 Å². The number of ether oxygens (including phenoxy) is 2. The minimum Gasteiger partial charge on any atom is -0.468 e. The lowest BCUT2D eigenvalue weighted by Gasteiger charge is -2.25. The zero-order valence-corrected chi connectivity index (χ0v) is 14.7. The van der Waals surface area contributed by atoms with Gasteiger partial charge in [0.2, 0.25) is 0 Å². The Labute approximate surface area is 153 Å². The van der Waals surface area contributed by atoms with Gasteiger partial charge in [-0.1, -0.05) is 53.8 Å². The highest BCUT2D eigenvalue weighted by Gasteiger charge is 2.47. The molecule has 0 atom stereocenters. The lowest BCUT2D eigenvalue weighted by atomic mass is 9.80. The lowest BCUT2D eigenvalue weighted by molar-refractivity contribution is -0.168. The molecule has 0 amide bonds. The van der Waals surface area contributed by atoms with Gasteiger partial charge in [-0.2, -0.15) is 0 Å². The van der Waals surface area contributed by atoms with Crippen molar-refractivity contribution < 1.29 is 23.2 Å². The molecule has 1 aromatic carbocycles. The average molecular weight is 343 g/mol. The van der Waals surface area contributed by atoms with Crippen LogP contribution in [0.4, 0.5) is 0 Å². The van der Waals surface area contributed by atoms with Gasteiger partial charge in [-0.05, 0) is 37.9 Å². The van der Waals surface area contributed by atoms with E-state index in [1.54, 1.807) is 12.2 Å². The predicted octanol–water partition coefficient (Wildman–Crippen LogP) is 3.78. The summed E-state index contributed by atoms with van der Waals surface area (Å²) in [5.74, 6) is 3.92. The third kappa shape index (κ3) is 5.96. The number of allylic oxidation sites excluding steroid dienone is 3. The summed E-state index contributed by atoms with van der Waals surface area (Å²) < 4.78 is 31.8. The highest BCUT2D eigenvalue weighted by molar-refractivity contribution is 6.00. The SMILES string of the molecule is [2H]C([2H])([2H])/C(C)=C/CC(CC#C/C=C/c1ccccc1)(C(=O)OC)C(=O)OC. The Morgan fingerprint density at radius 1 is 1.20 bits per heavy atom. The van der Waals surface area contributed by atoms with Gasteiger partial charge in [0.15, 0.2) is 5.41 Å². The Kier molecular flexibility index (Phi) is 6.38. The number of carbonyl (C=O) groups is 2. The van der Waals surface area contributed by atoms with E-state index in [1.807, 2.05) is 30.3 Å². The monoisotopic (exact) mass is 343 g/mol. The summed E-state index contributed by atoms with van der Waals surface area (Å²) in [7, 11) is 2.31. The van der Waals surface area contributed by atoms with Crippen molar-refractivity contribution in [2.75, 3.05) is 14.2 Å². The fourth-order valence-corrected chi connectivity index (χ4v) is 2.15. The first kappa shape index (κ1) is 15.7. The standard InChI is InChI=1S/C21H24O4/c1-17(2)14-16-21(19(22)24-3,20(23)25-4)15-10-6-9-13-18-11-7-5-8-12-18/h5,7-9,11-14H,15-16H2,1-4H3/b13-9+/i1D3/b13-9+,17-14-. The molecule has 0 spiro atoms. The molecule has 0 saturated carbocycles. The molecule has 0 N–H and O–H groups in total. The van der Waals surface area contributed by atoms with Crippen molar-refractivity contribution in [1.29, 1.82) is 0 Å². The van der Waals surface area contributed by atoms with E-state index < -0.39 is 24.2 Å². The quantitative estimate of drug-likeness (QED) is 0.341. The molecule has 0 saturated heterocycles. The molecule has 0 aliphatic carbocycles. The number of methoxy groups -OCH3 is 2. The largest absolute Gasteiger partial charge is 0.468 e. The van der Waals surface area contributed by atoms with Crippen LogP contribution in [0.1, 0.15) is 36.3 Å². The second-order valence-corrected chi connectivity index (χ2v) is 5.40. The first-order chi connectivity index (χ1) is 13.2. The number of rotatable bonds is 6. The molecule has 0 aromatic heterocycles. The molecule has 0 fully saturated rings. The molecule has 0 aliphatic rings. The molecule has 1 rings (SSSR count). The van der Waals surface area contributed by atoms with Crippen molar-refractivity contribution >= 4 is 18.0 Å². The third-order valence-electron chi connectivity index (χ3n) is 3.56. The topological polar surface area (TPSA) is 52.6 Å². The van der Waals surface area contributed by atoms with Gasteiger partial charge >= 0.3 is 11.9 Å². The smallest absolute Gasteiger partial charge is 0.324 e. The van der Waals surface area contributed by atoms with E-state index >= 15 is 0 Å². The minimum absolute atomic E-state index is 0.0709. The zero-order valence-electron chi connectivity index (χ0n) is 17.7. The Morgan fingerprint density at radius 3 is 2.40 bits per heavy atom. The van der Waals surface area contributed by atoms with Crippen LogP contribution in [0.3, 0.4) is 0 Å². The molecule has 1 aromatic rings. The predicted molar refractivity (Wildman–Crippen MR) is 98.4 cm³/mol. The van der Waals surface area contributed by atoms with Crippen molar-refractivity contribution in [3.05, 3.63) is 53.6 Å². The Hall–Kier alpha value is -2.80. The highest BCUT2D eigenvalue weighted by Crippen LogP contribution is 2.31. The van der Waals surface area contributed by atoms with E-state index in [0.717, 1.165) is 19.8 Å².